The molecule has 0 aliphatic heterocycles. The van der Waals surface area contributed by atoms with Crippen molar-refractivity contribution in [2.75, 3.05) is 0 Å². The van der Waals surface area contributed by atoms with Gasteiger partial charge in [0.25, 0.3) is 0 Å². The lowest BCUT2D eigenvalue weighted by Gasteiger charge is -1.76. The van der Waals surface area contributed by atoms with E-state index in [1.807, 2.05) is 0 Å². The second kappa shape index (κ2) is 3.02. The van der Waals surface area contributed by atoms with Crippen LogP contribution in [0.25, 0.3) is 0 Å². The summed E-state index contributed by atoms with van der Waals surface area (Å²) in [6.07, 6.45) is 1.24. The molecule has 0 aromatic carbocycles. The normalized spacial score (nSPS) is 10.6. The molecule has 0 aliphatic carbocycles. The Kier molecular flexibility index (Phi) is 2.50. The Labute approximate surface area is 40.7 Å². The minimum Gasteiger partial charge on any atom is -0.382 e. The molecule has 7 heavy (non-hydrogen) atoms. The summed E-state index contributed by atoms with van der Waals surface area (Å²) >= 11 is 0. The van der Waals surface area contributed by atoms with Crippen molar-refractivity contribution in [2.24, 2.45) is 16.1 Å². The highest BCUT2D eigenvalue weighted by Gasteiger charge is 1.74. The molecule has 0 rings (SSSR count). The van der Waals surface area contributed by atoms with Crippen molar-refractivity contribution >= 4 is 5.84 Å². The van der Waals surface area contributed by atoms with E-state index in [1.54, 1.807) is 0 Å². The highest BCUT2D eigenvalue weighted by molar-refractivity contribution is 5.90. The van der Waals surface area contributed by atoms with Gasteiger partial charge in [-0.25, -0.2) is 0 Å². The van der Waals surface area contributed by atoms with E-state index in [1.165, 1.54) is 6.08 Å². The summed E-state index contributed by atoms with van der Waals surface area (Å²) in [4.78, 5) is 9.21. The Balaban J connectivity index is 3.72. The van der Waals surface area contributed by atoms with Crippen LogP contribution >= 0.6 is 0 Å². The van der Waals surface area contributed by atoms with Gasteiger partial charge in [-0.15, -0.1) is 4.91 Å². The molecule has 0 aliphatic rings. The Morgan fingerprint density at radius 3 is 2.57 bits per heavy atom. The van der Waals surface area contributed by atoms with Crippen LogP contribution in [-0.4, -0.2) is 5.84 Å². The van der Waals surface area contributed by atoms with Gasteiger partial charge in [0.15, 0.2) is 0 Å². The second-order valence-electron chi connectivity index (χ2n) is 0.811. The van der Waals surface area contributed by atoms with Crippen LogP contribution in [0.4, 0.5) is 0 Å². The highest BCUT2D eigenvalue weighted by Crippen LogP contribution is 1.68. The molecule has 0 unspecified atom stereocenters. The third-order valence-electron chi connectivity index (χ3n) is 0.365. The zero-order valence-electron chi connectivity index (χ0n) is 3.66. The fourth-order valence-corrected chi connectivity index (χ4v) is 0.0880. The van der Waals surface area contributed by atoms with Gasteiger partial charge in [-0.05, 0) is 6.08 Å². The Morgan fingerprint density at radius 2 is 2.43 bits per heavy atom. The van der Waals surface area contributed by atoms with E-state index in [4.69, 9.17) is 5.73 Å². The summed E-state index contributed by atoms with van der Waals surface area (Å²) in [5, 5.41) is 5.04. The topological polar surface area (TPSA) is 67.8 Å². The number of nitroso groups, excluding NO2 is 1. The Morgan fingerprint density at radius 1 is 1.86 bits per heavy atom. The highest BCUT2D eigenvalue weighted by atomic mass is 16.3. The van der Waals surface area contributed by atoms with Crippen LogP contribution in [0.2, 0.25) is 0 Å². The maximum absolute atomic E-state index is 9.21. The first-order chi connectivity index (χ1) is 3.31. The third kappa shape index (κ3) is 2.62. The fourth-order valence-electron chi connectivity index (χ4n) is 0.0880. The number of amidine groups is 1. The average Bonchev–Trinajstić information content (AvgIpc) is 1.68. The monoisotopic (exact) mass is 99.0 g/mol. The predicted molar refractivity (Wildman–Crippen MR) is 27.6 cm³/mol. The summed E-state index contributed by atoms with van der Waals surface area (Å²) in [6, 6.07) is 0. The van der Waals surface area contributed by atoms with Gasteiger partial charge in [-0.1, -0.05) is 11.7 Å². The first kappa shape index (κ1) is 5.81. The van der Waals surface area contributed by atoms with Gasteiger partial charge in [0, 0.05) is 0 Å². The van der Waals surface area contributed by atoms with Crippen LogP contribution in [0.3, 0.4) is 0 Å². The van der Waals surface area contributed by atoms with Crippen molar-refractivity contribution in [1.29, 1.82) is 0 Å². The molecule has 0 aromatic heterocycles. The maximum Gasteiger partial charge on any atom is 0.148 e. The van der Waals surface area contributed by atoms with E-state index in [9.17, 15) is 4.91 Å². The van der Waals surface area contributed by atoms with Crippen molar-refractivity contribution in [3.8, 4) is 0 Å². The molecule has 0 radical (unpaired) electrons. The molecule has 2 N–H and O–H groups in total. The molecule has 0 bridgehead atoms. The van der Waals surface area contributed by atoms with E-state index < -0.39 is 0 Å². The van der Waals surface area contributed by atoms with E-state index in [2.05, 4.69) is 17.0 Å². The molecule has 4 heteroatoms. The average molecular weight is 99.1 g/mol. The minimum atomic E-state index is 0.0370. The lowest BCUT2D eigenvalue weighted by atomic mass is 10.6. The molecule has 0 atom stereocenters. The lowest BCUT2D eigenvalue weighted by molar-refractivity contribution is 1.21. The van der Waals surface area contributed by atoms with E-state index in [-0.39, 0.29) is 5.84 Å². The molecule has 0 spiro atoms. The fraction of sp³-hybridized carbons (Fsp3) is 0. The summed E-state index contributed by atoms with van der Waals surface area (Å²) in [7, 11) is 0. The van der Waals surface area contributed by atoms with Gasteiger partial charge in [0.05, 0.1) is 5.29 Å². The van der Waals surface area contributed by atoms with Crippen molar-refractivity contribution < 1.29 is 0 Å². The van der Waals surface area contributed by atoms with Crippen molar-refractivity contribution in [3.05, 3.63) is 17.6 Å². The zero-order chi connectivity index (χ0) is 5.70. The molecule has 4 nitrogen and oxygen atoms in total. The number of hydrogen-bond donors (Lipinski definition) is 1. The maximum atomic E-state index is 9.21. The van der Waals surface area contributed by atoms with Crippen molar-refractivity contribution in [3.63, 3.8) is 0 Å². The quantitative estimate of drug-likeness (QED) is 0.233. The first-order valence-corrected chi connectivity index (χ1v) is 1.59. The zero-order valence-corrected chi connectivity index (χ0v) is 3.66. The second-order valence-corrected chi connectivity index (χ2v) is 0.811. The molecule has 0 aromatic rings. The number of hydrogen-bond acceptors (Lipinski definition) is 2. The third-order valence-corrected chi connectivity index (χ3v) is 0.365. The van der Waals surface area contributed by atoms with Gasteiger partial charge in [-0.3, -0.25) is 0 Å². The van der Waals surface area contributed by atoms with Crippen LogP contribution in [0.5, 0.6) is 0 Å². The number of rotatable bonds is 2. The molecule has 0 saturated carbocycles. The van der Waals surface area contributed by atoms with Crippen LogP contribution in [0.15, 0.2) is 23.0 Å². The molecule has 0 fully saturated rings. The van der Waals surface area contributed by atoms with Crippen molar-refractivity contribution in [2.45, 2.75) is 0 Å². The van der Waals surface area contributed by atoms with Crippen molar-refractivity contribution in [1.82, 2.24) is 0 Å². The standard InChI is InChI=1S/C3H5N3O/c1-2-3(4)5-6-7/h2H,1H2,(H2,4,5,7). The van der Waals surface area contributed by atoms with Gasteiger partial charge in [-0.2, -0.15) is 0 Å². The van der Waals surface area contributed by atoms with Crippen LogP contribution < -0.4 is 5.73 Å². The smallest absolute Gasteiger partial charge is 0.148 e. The van der Waals surface area contributed by atoms with E-state index >= 15 is 0 Å². The van der Waals surface area contributed by atoms with Crippen LogP contribution in [0, 0.1) is 4.91 Å². The SMILES string of the molecule is C=C/C(N)=N\N=O. The largest absolute Gasteiger partial charge is 0.382 e. The van der Waals surface area contributed by atoms with Gasteiger partial charge in [0.2, 0.25) is 0 Å². The molecule has 38 valence electrons. The molecule has 0 heterocycles. The Bertz CT molecular complexity index is 107. The van der Waals surface area contributed by atoms with Gasteiger partial charge < -0.3 is 5.73 Å². The molecule has 0 saturated heterocycles. The van der Waals surface area contributed by atoms with E-state index in [0.717, 1.165) is 0 Å². The summed E-state index contributed by atoms with van der Waals surface area (Å²) in [5.41, 5.74) is 4.92. The van der Waals surface area contributed by atoms with E-state index in [0.29, 0.717) is 0 Å². The number of nitrogens with zero attached hydrogens (tertiary/aromatic N) is 2. The predicted octanol–water partition coefficient (Wildman–Crippen LogP) is 0.211. The minimum absolute atomic E-state index is 0.0370. The van der Waals surface area contributed by atoms with Crippen LogP contribution in [-0.2, 0) is 0 Å². The lowest BCUT2D eigenvalue weighted by Crippen LogP contribution is -2.05. The van der Waals surface area contributed by atoms with Gasteiger partial charge in [0.1, 0.15) is 5.84 Å². The molecular formula is C3H5N3O. The Hall–Kier alpha value is -1.19. The molecular weight excluding hydrogens is 94.1 g/mol. The summed E-state index contributed by atoms with van der Waals surface area (Å²) in [5.74, 6) is 0.0370. The summed E-state index contributed by atoms with van der Waals surface area (Å²) < 4.78 is 0. The first-order valence-electron chi connectivity index (χ1n) is 1.59. The summed E-state index contributed by atoms with van der Waals surface area (Å²) in [6.45, 7) is 3.22. The number of nitrogens with two attached hydrogens (primary N) is 1. The van der Waals surface area contributed by atoms with Gasteiger partial charge >= 0.3 is 0 Å². The van der Waals surface area contributed by atoms with Crippen LogP contribution in [0.1, 0.15) is 0 Å². The molecule has 0 amide bonds.